The van der Waals surface area contributed by atoms with E-state index in [0.717, 1.165) is 19.3 Å². The van der Waals surface area contributed by atoms with E-state index in [9.17, 15) is 9.59 Å². The van der Waals surface area contributed by atoms with Crippen LogP contribution in [0.4, 0.5) is 4.79 Å². The molecule has 1 rings (SSSR count). The Kier molecular flexibility index (Phi) is 6.05. The Labute approximate surface area is 128 Å². The fraction of sp³-hybridized carbons (Fsp3) is 0.875. The van der Waals surface area contributed by atoms with Crippen molar-refractivity contribution < 1.29 is 14.7 Å². The van der Waals surface area contributed by atoms with Crippen LogP contribution in [0.2, 0.25) is 0 Å². The van der Waals surface area contributed by atoms with Crippen molar-refractivity contribution >= 4 is 12.0 Å². The topological polar surface area (TPSA) is 69.6 Å². The van der Waals surface area contributed by atoms with Gasteiger partial charge in [-0.3, -0.25) is 0 Å². The number of rotatable bonds is 3. The van der Waals surface area contributed by atoms with Crippen molar-refractivity contribution in [1.82, 2.24) is 10.2 Å². The molecule has 5 nitrogen and oxygen atoms in total. The Balaban J connectivity index is 2.61. The van der Waals surface area contributed by atoms with Crippen LogP contribution >= 0.6 is 0 Å². The zero-order chi connectivity index (χ0) is 16.2. The standard InChI is InChI=1S/C16H30N2O3/c1-11(2)13(14(19)20)17-15(21)18-9-6-7-12(8-10-18)16(3,4)5/h11-13H,6-10H2,1-5H3,(H,17,21)(H,19,20)/t12?,13-/m0/s1. The highest BCUT2D eigenvalue weighted by Crippen LogP contribution is 2.34. The van der Waals surface area contributed by atoms with E-state index in [4.69, 9.17) is 5.11 Å². The quantitative estimate of drug-likeness (QED) is 0.841. The summed E-state index contributed by atoms with van der Waals surface area (Å²) in [4.78, 5) is 25.2. The van der Waals surface area contributed by atoms with E-state index < -0.39 is 12.0 Å². The largest absolute Gasteiger partial charge is 0.480 e. The molecule has 1 fully saturated rings. The smallest absolute Gasteiger partial charge is 0.326 e. The summed E-state index contributed by atoms with van der Waals surface area (Å²) >= 11 is 0. The number of amides is 2. The lowest BCUT2D eigenvalue weighted by molar-refractivity contribution is -0.140. The molecule has 2 N–H and O–H groups in total. The number of urea groups is 1. The lowest BCUT2D eigenvalue weighted by Gasteiger charge is -2.30. The van der Waals surface area contributed by atoms with Gasteiger partial charge in [0, 0.05) is 13.1 Å². The Morgan fingerprint density at radius 1 is 1.19 bits per heavy atom. The highest BCUT2D eigenvalue weighted by molar-refractivity contribution is 5.82. The normalized spacial score (nSPS) is 21.8. The van der Waals surface area contributed by atoms with Crippen LogP contribution in [-0.2, 0) is 4.79 Å². The van der Waals surface area contributed by atoms with Gasteiger partial charge in [0.2, 0.25) is 0 Å². The fourth-order valence-corrected chi connectivity index (χ4v) is 2.90. The number of carboxylic acids is 1. The van der Waals surface area contributed by atoms with Gasteiger partial charge in [-0.1, -0.05) is 34.6 Å². The van der Waals surface area contributed by atoms with E-state index in [1.165, 1.54) is 0 Å². The molecule has 1 saturated heterocycles. The second-order valence-electron chi connectivity index (χ2n) is 7.49. The maximum atomic E-state index is 12.3. The van der Waals surface area contributed by atoms with Gasteiger partial charge in [0.15, 0.2) is 0 Å². The monoisotopic (exact) mass is 298 g/mol. The molecule has 2 amide bonds. The van der Waals surface area contributed by atoms with Crippen molar-refractivity contribution in [3.63, 3.8) is 0 Å². The van der Waals surface area contributed by atoms with Gasteiger partial charge in [0.05, 0.1) is 0 Å². The number of carbonyl (C=O) groups excluding carboxylic acids is 1. The third kappa shape index (κ3) is 5.21. The first-order chi connectivity index (χ1) is 9.62. The predicted octanol–water partition coefficient (Wildman–Crippen LogP) is 2.95. The highest BCUT2D eigenvalue weighted by Gasteiger charge is 2.30. The number of hydrogen-bond donors (Lipinski definition) is 2. The molecule has 1 aliphatic rings. The maximum Gasteiger partial charge on any atom is 0.326 e. The van der Waals surface area contributed by atoms with E-state index in [-0.39, 0.29) is 17.4 Å². The number of nitrogens with one attached hydrogen (secondary N) is 1. The van der Waals surface area contributed by atoms with E-state index in [0.29, 0.717) is 19.0 Å². The van der Waals surface area contributed by atoms with E-state index in [1.54, 1.807) is 18.7 Å². The van der Waals surface area contributed by atoms with Gasteiger partial charge in [-0.15, -0.1) is 0 Å². The molecule has 1 heterocycles. The maximum absolute atomic E-state index is 12.3. The second kappa shape index (κ2) is 7.14. The molecule has 21 heavy (non-hydrogen) atoms. The lowest BCUT2D eigenvalue weighted by Crippen LogP contribution is -2.50. The van der Waals surface area contributed by atoms with Gasteiger partial charge in [0.1, 0.15) is 6.04 Å². The highest BCUT2D eigenvalue weighted by atomic mass is 16.4. The van der Waals surface area contributed by atoms with Crippen LogP contribution in [0, 0.1) is 17.3 Å². The summed E-state index contributed by atoms with van der Waals surface area (Å²) in [6.07, 6.45) is 3.09. The average Bonchev–Trinajstić information content (AvgIpc) is 2.59. The fourth-order valence-electron chi connectivity index (χ4n) is 2.90. The second-order valence-corrected chi connectivity index (χ2v) is 7.49. The molecule has 0 spiro atoms. The third-order valence-electron chi connectivity index (χ3n) is 4.45. The first-order valence-electron chi connectivity index (χ1n) is 7.91. The van der Waals surface area contributed by atoms with Crippen LogP contribution in [0.3, 0.4) is 0 Å². The molecule has 0 saturated carbocycles. The Bertz CT molecular complexity index is 374. The first-order valence-corrected chi connectivity index (χ1v) is 7.91. The van der Waals surface area contributed by atoms with Crippen molar-refractivity contribution in [1.29, 1.82) is 0 Å². The van der Waals surface area contributed by atoms with Crippen LogP contribution in [0.1, 0.15) is 53.9 Å². The van der Waals surface area contributed by atoms with Crippen molar-refractivity contribution in [2.75, 3.05) is 13.1 Å². The van der Waals surface area contributed by atoms with Gasteiger partial charge in [-0.25, -0.2) is 9.59 Å². The van der Waals surface area contributed by atoms with E-state index in [2.05, 4.69) is 26.1 Å². The van der Waals surface area contributed by atoms with Crippen LogP contribution in [-0.4, -0.2) is 41.1 Å². The number of likely N-dealkylation sites (tertiary alicyclic amines) is 1. The Morgan fingerprint density at radius 3 is 2.29 bits per heavy atom. The number of carboxylic acid groups (broad SMARTS) is 1. The van der Waals surface area contributed by atoms with Crippen molar-refractivity contribution in [2.45, 2.75) is 59.9 Å². The molecule has 0 radical (unpaired) electrons. The summed E-state index contributed by atoms with van der Waals surface area (Å²) in [5.41, 5.74) is 0.258. The van der Waals surface area contributed by atoms with Crippen molar-refractivity contribution in [2.24, 2.45) is 17.3 Å². The molecule has 0 aromatic carbocycles. The lowest BCUT2D eigenvalue weighted by atomic mass is 9.77. The molecule has 2 atom stereocenters. The average molecular weight is 298 g/mol. The molecular weight excluding hydrogens is 268 g/mol. The van der Waals surface area contributed by atoms with Gasteiger partial charge in [-0.2, -0.15) is 0 Å². The van der Waals surface area contributed by atoms with Crippen molar-refractivity contribution in [3.05, 3.63) is 0 Å². The Morgan fingerprint density at radius 2 is 1.81 bits per heavy atom. The number of nitrogens with zero attached hydrogens (tertiary/aromatic N) is 1. The van der Waals surface area contributed by atoms with Crippen LogP contribution in [0.15, 0.2) is 0 Å². The minimum Gasteiger partial charge on any atom is -0.480 e. The molecule has 1 aliphatic heterocycles. The molecule has 0 aliphatic carbocycles. The van der Waals surface area contributed by atoms with E-state index >= 15 is 0 Å². The minimum absolute atomic E-state index is 0.124. The summed E-state index contributed by atoms with van der Waals surface area (Å²) in [7, 11) is 0. The van der Waals surface area contributed by atoms with Crippen LogP contribution in [0.25, 0.3) is 0 Å². The summed E-state index contributed by atoms with van der Waals surface area (Å²) in [6.45, 7) is 11.8. The summed E-state index contributed by atoms with van der Waals surface area (Å²) in [5, 5.41) is 11.8. The molecule has 0 aromatic heterocycles. The van der Waals surface area contributed by atoms with Crippen molar-refractivity contribution in [3.8, 4) is 0 Å². The third-order valence-corrected chi connectivity index (χ3v) is 4.45. The zero-order valence-corrected chi connectivity index (χ0v) is 14.0. The number of carbonyl (C=O) groups is 2. The number of aliphatic carboxylic acids is 1. The van der Waals surface area contributed by atoms with Gasteiger partial charge in [-0.05, 0) is 36.5 Å². The van der Waals surface area contributed by atoms with Crippen LogP contribution in [0.5, 0.6) is 0 Å². The van der Waals surface area contributed by atoms with Gasteiger partial charge >= 0.3 is 12.0 Å². The Hall–Kier alpha value is -1.26. The van der Waals surface area contributed by atoms with E-state index in [1.807, 2.05) is 0 Å². The first kappa shape index (κ1) is 17.8. The molecule has 122 valence electrons. The molecule has 0 aromatic rings. The summed E-state index contributed by atoms with van der Waals surface area (Å²) in [5.74, 6) is -0.489. The minimum atomic E-state index is -0.972. The van der Waals surface area contributed by atoms with Gasteiger partial charge < -0.3 is 15.3 Å². The number of hydrogen-bond acceptors (Lipinski definition) is 2. The predicted molar refractivity (Wildman–Crippen MR) is 83.2 cm³/mol. The summed E-state index contributed by atoms with van der Waals surface area (Å²) in [6, 6.07) is -1.06. The molecular formula is C16H30N2O3. The SMILES string of the molecule is CC(C)[C@H](NC(=O)N1CCCC(C(C)(C)C)CC1)C(=O)O. The van der Waals surface area contributed by atoms with Gasteiger partial charge in [0.25, 0.3) is 0 Å². The molecule has 5 heteroatoms. The molecule has 0 bridgehead atoms. The zero-order valence-electron chi connectivity index (χ0n) is 14.0. The summed E-state index contributed by atoms with van der Waals surface area (Å²) < 4.78 is 0. The van der Waals surface area contributed by atoms with Crippen LogP contribution < -0.4 is 5.32 Å². The molecule has 1 unspecified atom stereocenters.